The van der Waals surface area contributed by atoms with Crippen LogP contribution in [0.1, 0.15) is 25.0 Å². The second kappa shape index (κ2) is 7.69. The molecule has 2 aromatic rings. The zero-order valence-corrected chi connectivity index (χ0v) is 16.0. The van der Waals surface area contributed by atoms with Gasteiger partial charge in [0.05, 0.1) is 33.6 Å². The number of rotatable bonds is 6. The Morgan fingerprint density at radius 1 is 1.41 bits per heavy atom. The standard InChI is InChI=1S/C16H18FN5O3S2/c1-2-5-27(24,25)22-9-3-4-11(17)12(6-9)21-16(23)10-7-26-14-13(10)19-8-20-15(14)18/h3-4,6,8,10,22H,2,5,7H2,1H3,(H,21,23)(H2,18,19,20). The summed E-state index contributed by atoms with van der Waals surface area (Å²) < 4.78 is 40.2. The Balaban J connectivity index is 1.79. The molecule has 2 heterocycles. The van der Waals surface area contributed by atoms with Crippen molar-refractivity contribution in [2.75, 3.05) is 27.3 Å². The Morgan fingerprint density at radius 3 is 2.93 bits per heavy atom. The number of nitrogens with one attached hydrogen (secondary N) is 2. The molecule has 0 saturated heterocycles. The third kappa shape index (κ3) is 4.30. The molecule has 4 N–H and O–H groups in total. The third-order valence-electron chi connectivity index (χ3n) is 3.87. The molecule has 144 valence electrons. The van der Waals surface area contributed by atoms with Crippen LogP contribution in [-0.4, -0.2) is 35.8 Å². The Morgan fingerprint density at radius 2 is 2.19 bits per heavy atom. The third-order valence-corrected chi connectivity index (χ3v) is 6.57. The number of sulfonamides is 1. The predicted octanol–water partition coefficient (Wildman–Crippen LogP) is 2.18. The number of halogens is 1. The first-order chi connectivity index (χ1) is 12.8. The zero-order valence-electron chi connectivity index (χ0n) is 14.4. The summed E-state index contributed by atoms with van der Waals surface area (Å²) >= 11 is 1.37. The summed E-state index contributed by atoms with van der Waals surface area (Å²) in [5.74, 6) is -1.06. The second-order valence-electron chi connectivity index (χ2n) is 5.94. The van der Waals surface area contributed by atoms with E-state index in [1.807, 2.05) is 0 Å². The summed E-state index contributed by atoms with van der Waals surface area (Å²) in [6, 6.07) is 3.64. The van der Waals surface area contributed by atoms with Gasteiger partial charge < -0.3 is 11.1 Å². The fourth-order valence-electron chi connectivity index (χ4n) is 2.65. The van der Waals surface area contributed by atoms with Gasteiger partial charge in [0.15, 0.2) is 0 Å². The number of carbonyl (C=O) groups is 1. The fraction of sp³-hybridized carbons (Fsp3) is 0.312. The molecule has 0 aliphatic carbocycles. The molecule has 8 nitrogen and oxygen atoms in total. The number of nitrogens with two attached hydrogens (primary N) is 1. The molecule has 0 fully saturated rings. The van der Waals surface area contributed by atoms with Gasteiger partial charge in [-0.15, -0.1) is 11.8 Å². The Kier molecular flexibility index (Phi) is 5.51. The molecule has 0 saturated carbocycles. The number of anilines is 3. The summed E-state index contributed by atoms with van der Waals surface area (Å²) in [4.78, 5) is 21.3. The zero-order chi connectivity index (χ0) is 19.6. The van der Waals surface area contributed by atoms with Crippen molar-refractivity contribution in [2.45, 2.75) is 24.2 Å². The molecular weight excluding hydrogens is 393 g/mol. The molecule has 1 amide bonds. The smallest absolute Gasteiger partial charge is 0.234 e. The molecule has 0 radical (unpaired) electrons. The number of hydrogen-bond acceptors (Lipinski definition) is 7. The number of nitrogen functional groups attached to an aromatic ring is 1. The van der Waals surface area contributed by atoms with Gasteiger partial charge in [0.25, 0.3) is 0 Å². The van der Waals surface area contributed by atoms with Crippen LogP contribution in [0.25, 0.3) is 0 Å². The van der Waals surface area contributed by atoms with Gasteiger partial charge in [-0.1, -0.05) is 6.92 Å². The average molecular weight is 411 g/mol. The first-order valence-electron chi connectivity index (χ1n) is 8.15. The van der Waals surface area contributed by atoms with Crippen molar-refractivity contribution in [1.29, 1.82) is 0 Å². The molecule has 1 aliphatic rings. The van der Waals surface area contributed by atoms with Crippen molar-refractivity contribution >= 4 is 44.9 Å². The minimum absolute atomic E-state index is 0.0523. The van der Waals surface area contributed by atoms with E-state index in [4.69, 9.17) is 5.73 Å². The van der Waals surface area contributed by atoms with Gasteiger partial charge in [0.2, 0.25) is 15.9 Å². The van der Waals surface area contributed by atoms with E-state index < -0.39 is 27.7 Å². The number of fused-ring (bicyclic) bond motifs is 1. The van der Waals surface area contributed by atoms with Gasteiger partial charge in [-0.05, 0) is 24.6 Å². The average Bonchev–Trinajstić information content (AvgIpc) is 3.03. The summed E-state index contributed by atoms with van der Waals surface area (Å²) in [5, 5.41) is 2.51. The van der Waals surface area contributed by atoms with E-state index in [1.54, 1.807) is 6.92 Å². The SMILES string of the molecule is CCCS(=O)(=O)Nc1ccc(F)c(NC(=O)C2CSc3c(N)ncnc32)c1. The van der Waals surface area contributed by atoms with E-state index >= 15 is 0 Å². The van der Waals surface area contributed by atoms with E-state index in [9.17, 15) is 17.6 Å². The first-order valence-corrected chi connectivity index (χ1v) is 10.8. The second-order valence-corrected chi connectivity index (χ2v) is 8.81. The summed E-state index contributed by atoms with van der Waals surface area (Å²) in [7, 11) is -3.52. The van der Waals surface area contributed by atoms with Crippen LogP contribution >= 0.6 is 11.8 Å². The number of hydrogen-bond donors (Lipinski definition) is 3. The highest BCUT2D eigenvalue weighted by molar-refractivity contribution is 7.99. The molecule has 1 aromatic heterocycles. The minimum Gasteiger partial charge on any atom is -0.383 e. The monoisotopic (exact) mass is 411 g/mol. The topological polar surface area (TPSA) is 127 Å². The van der Waals surface area contributed by atoms with Crippen LogP contribution in [0.15, 0.2) is 29.4 Å². The van der Waals surface area contributed by atoms with Crippen LogP contribution in [-0.2, 0) is 14.8 Å². The highest BCUT2D eigenvalue weighted by Gasteiger charge is 2.33. The van der Waals surface area contributed by atoms with Gasteiger partial charge in [0, 0.05) is 5.75 Å². The van der Waals surface area contributed by atoms with Crippen molar-refractivity contribution in [3.05, 3.63) is 36.0 Å². The molecule has 1 atom stereocenters. The summed E-state index contributed by atoms with van der Waals surface area (Å²) in [6.07, 6.45) is 1.73. The number of thioether (sulfide) groups is 1. The lowest BCUT2D eigenvalue weighted by Gasteiger charge is -2.13. The fourth-order valence-corrected chi connectivity index (χ4v) is 4.96. The van der Waals surface area contributed by atoms with Gasteiger partial charge in [-0.25, -0.2) is 22.8 Å². The maximum Gasteiger partial charge on any atom is 0.234 e. The van der Waals surface area contributed by atoms with Crippen LogP contribution in [0.4, 0.5) is 21.6 Å². The predicted molar refractivity (Wildman–Crippen MR) is 103 cm³/mol. The summed E-state index contributed by atoms with van der Waals surface area (Å²) in [6.45, 7) is 1.74. The van der Waals surface area contributed by atoms with Gasteiger partial charge in [0.1, 0.15) is 18.0 Å². The van der Waals surface area contributed by atoms with Crippen LogP contribution in [0.5, 0.6) is 0 Å². The number of carbonyl (C=O) groups excluding carboxylic acids is 1. The molecule has 27 heavy (non-hydrogen) atoms. The molecule has 1 unspecified atom stereocenters. The normalized spacial score (nSPS) is 16.0. The Bertz CT molecular complexity index is 984. The lowest BCUT2D eigenvalue weighted by molar-refractivity contribution is -0.117. The van der Waals surface area contributed by atoms with Crippen molar-refractivity contribution in [3.8, 4) is 0 Å². The number of amides is 1. The van der Waals surface area contributed by atoms with Crippen LogP contribution in [0.2, 0.25) is 0 Å². The number of nitrogens with zero attached hydrogens (tertiary/aromatic N) is 2. The van der Waals surface area contributed by atoms with Crippen LogP contribution in [0.3, 0.4) is 0 Å². The van der Waals surface area contributed by atoms with E-state index in [-0.39, 0.29) is 17.1 Å². The highest BCUT2D eigenvalue weighted by Crippen LogP contribution is 2.41. The van der Waals surface area contributed by atoms with Gasteiger partial charge >= 0.3 is 0 Å². The lowest BCUT2D eigenvalue weighted by Crippen LogP contribution is -2.23. The Hall–Kier alpha value is -2.40. The molecular formula is C16H18FN5O3S2. The maximum absolute atomic E-state index is 14.1. The van der Waals surface area contributed by atoms with E-state index in [0.29, 0.717) is 28.6 Å². The molecule has 3 rings (SSSR count). The molecule has 1 aromatic carbocycles. The molecule has 0 spiro atoms. The van der Waals surface area contributed by atoms with Gasteiger partial charge in [-0.2, -0.15) is 0 Å². The Labute approximate surface area is 160 Å². The largest absolute Gasteiger partial charge is 0.383 e. The maximum atomic E-state index is 14.1. The number of benzene rings is 1. The van der Waals surface area contributed by atoms with Crippen molar-refractivity contribution < 1.29 is 17.6 Å². The highest BCUT2D eigenvalue weighted by atomic mass is 32.2. The van der Waals surface area contributed by atoms with Crippen LogP contribution < -0.4 is 15.8 Å². The minimum atomic E-state index is -3.52. The van der Waals surface area contributed by atoms with Crippen molar-refractivity contribution in [3.63, 3.8) is 0 Å². The molecule has 1 aliphatic heterocycles. The van der Waals surface area contributed by atoms with Crippen molar-refractivity contribution in [1.82, 2.24) is 9.97 Å². The molecule has 0 bridgehead atoms. The first kappa shape index (κ1) is 19.4. The molecule has 11 heteroatoms. The number of aromatic nitrogens is 2. The quantitative estimate of drug-likeness (QED) is 0.665. The van der Waals surface area contributed by atoms with Crippen LogP contribution in [0, 0.1) is 5.82 Å². The van der Waals surface area contributed by atoms with E-state index in [1.165, 1.54) is 30.2 Å². The summed E-state index contributed by atoms with van der Waals surface area (Å²) in [5.41, 5.74) is 6.35. The lowest BCUT2D eigenvalue weighted by atomic mass is 10.1. The van der Waals surface area contributed by atoms with Crippen molar-refractivity contribution in [2.24, 2.45) is 0 Å². The van der Waals surface area contributed by atoms with E-state index in [0.717, 1.165) is 6.07 Å². The van der Waals surface area contributed by atoms with Gasteiger partial charge in [-0.3, -0.25) is 9.52 Å². The van der Waals surface area contributed by atoms with E-state index in [2.05, 4.69) is 20.0 Å².